The fourth-order valence-corrected chi connectivity index (χ4v) is 2.92. The molecular weight excluding hydrogens is 343 g/mol. The van der Waals surface area contributed by atoms with Gasteiger partial charge >= 0.3 is 5.97 Å². The summed E-state index contributed by atoms with van der Waals surface area (Å²) in [5, 5.41) is 6.42. The second kappa shape index (κ2) is 7.03. The van der Waals surface area contributed by atoms with Crippen LogP contribution < -0.4 is 4.74 Å². The molecule has 0 N–H and O–H groups in total. The van der Waals surface area contributed by atoms with Crippen molar-refractivity contribution in [3.05, 3.63) is 89.9 Å². The number of rotatable bonds is 4. The van der Waals surface area contributed by atoms with E-state index in [0.29, 0.717) is 17.7 Å². The lowest BCUT2D eigenvalue weighted by Gasteiger charge is -2.08. The highest BCUT2D eigenvalue weighted by Crippen LogP contribution is 2.23. The Bertz CT molecular complexity index is 1130. The number of nitrogens with zero attached hydrogens (tertiary/aromatic N) is 2. The Morgan fingerprint density at radius 2 is 1.81 bits per heavy atom. The molecule has 5 heteroatoms. The van der Waals surface area contributed by atoms with E-state index in [2.05, 4.69) is 5.10 Å². The molecule has 0 spiro atoms. The molecule has 1 heterocycles. The molecule has 0 fully saturated rings. The monoisotopic (exact) mass is 360 g/mol. The van der Waals surface area contributed by atoms with Gasteiger partial charge in [-0.3, -0.25) is 0 Å². The number of hydrogen-bond acceptors (Lipinski definition) is 3. The Morgan fingerprint density at radius 1 is 1.00 bits per heavy atom. The second-order valence-electron chi connectivity index (χ2n) is 6.17. The minimum Gasteiger partial charge on any atom is -0.404 e. The van der Waals surface area contributed by atoms with Gasteiger partial charge in [-0.1, -0.05) is 43.3 Å². The first-order valence-corrected chi connectivity index (χ1v) is 8.70. The predicted octanol–water partition coefficient (Wildman–Crippen LogP) is 4.95. The molecule has 27 heavy (non-hydrogen) atoms. The van der Waals surface area contributed by atoms with Crippen LogP contribution in [0.25, 0.3) is 16.5 Å². The third-order valence-corrected chi connectivity index (χ3v) is 4.32. The van der Waals surface area contributed by atoms with E-state index in [1.807, 2.05) is 37.3 Å². The first-order valence-electron chi connectivity index (χ1n) is 8.70. The molecule has 0 saturated heterocycles. The van der Waals surface area contributed by atoms with Crippen LogP contribution in [-0.2, 0) is 6.42 Å². The average Bonchev–Trinajstić information content (AvgIpc) is 3.10. The van der Waals surface area contributed by atoms with Crippen LogP contribution in [0.5, 0.6) is 5.88 Å². The highest BCUT2D eigenvalue weighted by Gasteiger charge is 2.16. The van der Waals surface area contributed by atoms with Crippen molar-refractivity contribution >= 4 is 16.7 Å². The molecule has 0 amide bonds. The van der Waals surface area contributed by atoms with Crippen LogP contribution in [0.2, 0.25) is 0 Å². The second-order valence-corrected chi connectivity index (χ2v) is 6.17. The minimum absolute atomic E-state index is 0.260. The van der Waals surface area contributed by atoms with Crippen molar-refractivity contribution in [2.45, 2.75) is 13.3 Å². The molecule has 0 aliphatic rings. The van der Waals surface area contributed by atoms with Gasteiger partial charge in [0, 0.05) is 6.07 Å². The zero-order chi connectivity index (χ0) is 18.8. The molecule has 0 aliphatic carbocycles. The zero-order valence-electron chi connectivity index (χ0n) is 14.7. The van der Waals surface area contributed by atoms with Crippen LogP contribution in [0.4, 0.5) is 4.39 Å². The standard InChI is InChI=1S/C22H17FN2O2/c1-2-19-14-21(25(24-19)20-9-5-8-18(23)13-20)27-22(26)17-11-10-15-6-3-4-7-16(15)12-17/h3-14H,2H2,1H3. The summed E-state index contributed by atoms with van der Waals surface area (Å²) in [6.45, 7) is 1.95. The summed E-state index contributed by atoms with van der Waals surface area (Å²) in [5.41, 5.74) is 1.69. The molecule has 1 aromatic heterocycles. The highest BCUT2D eigenvalue weighted by atomic mass is 19.1. The Kier molecular flexibility index (Phi) is 4.42. The summed E-state index contributed by atoms with van der Waals surface area (Å²) in [7, 11) is 0. The van der Waals surface area contributed by atoms with E-state index in [9.17, 15) is 9.18 Å². The minimum atomic E-state index is -0.485. The van der Waals surface area contributed by atoms with E-state index < -0.39 is 5.97 Å². The van der Waals surface area contributed by atoms with Gasteiger partial charge in [-0.2, -0.15) is 5.10 Å². The number of esters is 1. The predicted molar refractivity (Wildman–Crippen MR) is 102 cm³/mol. The quantitative estimate of drug-likeness (QED) is 0.484. The Hall–Kier alpha value is -3.47. The summed E-state index contributed by atoms with van der Waals surface area (Å²) in [4.78, 5) is 12.7. The molecule has 134 valence electrons. The van der Waals surface area contributed by atoms with Crippen molar-refractivity contribution in [2.24, 2.45) is 0 Å². The molecule has 4 aromatic rings. The SMILES string of the molecule is CCc1cc(OC(=O)c2ccc3ccccc3c2)n(-c2cccc(F)c2)n1. The number of aromatic nitrogens is 2. The van der Waals surface area contributed by atoms with Crippen LogP contribution >= 0.6 is 0 Å². The third kappa shape index (κ3) is 3.44. The number of fused-ring (bicyclic) bond motifs is 1. The molecule has 0 unspecified atom stereocenters. The lowest BCUT2D eigenvalue weighted by molar-refractivity contribution is 0.0723. The molecule has 0 saturated carbocycles. The lowest BCUT2D eigenvalue weighted by Crippen LogP contribution is -2.11. The molecule has 0 bridgehead atoms. The van der Waals surface area contributed by atoms with Gasteiger partial charge in [0.2, 0.25) is 5.88 Å². The summed E-state index contributed by atoms with van der Waals surface area (Å²) in [6.07, 6.45) is 0.669. The van der Waals surface area contributed by atoms with Gasteiger partial charge in [-0.15, -0.1) is 0 Å². The van der Waals surface area contributed by atoms with E-state index in [1.54, 1.807) is 30.3 Å². The van der Waals surface area contributed by atoms with E-state index in [-0.39, 0.29) is 11.7 Å². The van der Waals surface area contributed by atoms with E-state index in [0.717, 1.165) is 16.5 Å². The largest absolute Gasteiger partial charge is 0.404 e. The summed E-state index contributed by atoms with van der Waals surface area (Å²) in [6, 6.07) is 20.9. The topological polar surface area (TPSA) is 44.1 Å². The molecular formula is C22H17FN2O2. The van der Waals surface area contributed by atoms with Crippen LogP contribution in [0.15, 0.2) is 72.8 Å². The normalized spacial score (nSPS) is 10.9. The smallest absolute Gasteiger partial charge is 0.344 e. The fraction of sp³-hybridized carbons (Fsp3) is 0.0909. The maximum Gasteiger partial charge on any atom is 0.344 e. The van der Waals surface area contributed by atoms with Crippen molar-refractivity contribution in [1.29, 1.82) is 0 Å². The zero-order valence-corrected chi connectivity index (χ0v) is 14.7. The summed E-state index contributed by atoms with van der Waals surface area (Å²) in [5.74, 6) is -0.607. The molecule has 4 nitrogen and oxygen atoms in total. The van der Waals surface area contributed by atoms with Gasteiger partial charge in [0.25, 0.3) is 0 Å². The molecule has 0 radical (unpaired) electrons. The van der Waals surface area contributed by atoms with Crippen molar-refractivity contribution < 1.29 is 13.9 Å². The number of carbonyl (C=O) groups excluding carboxylic acids is 1. The maximum absolute atomic E-state index is 13.6. The summed E-state index contributed by atoms with van der Waals surface area (Å²) >= 11 is 0. The Morgan fingerprint density at radius 3 is 2.59 bits per heavy atom. The van der Waals surface area contributed by atoms with Gasteiger partial charge < -0.3 is 4.74 Å². The number of hydrogen-bond donors (Lipinski definition) is 0. The first kappa shape index (κ1) is 17.0. The van der Waals surface area contributed by atoms with Crippen LogP contribution in [0, 0.1) is 5.82 Å². The van der Waals surface area contributed by atoms with Crippen molar-refractivity contribution in [3.8, 4) is 11.6 Å². The van der Waals surface area contributed by atoms with Gasteiger partial charge in [0.05, 0.1) is 16.9 Å². The molecule has 0 aliphatic heterocycles. The van der Waals surface area contributed by atoms with Gasteiger partial charge in [-0.25, -0.2) is 13.9 Å². The number of aryl methyl sites for hydroxylation is 1. The van der Waals surface area contributed by atoms with Crippen LogP contribution in [0.3, 0.4) is 0 Å². The van der Waals surface area contributed by atoms with E-state index in [1.165, 1.54) is 16.8 Å². The van der Waals surface area contributed by atoms with Crippen molar-refractivity contribution in [1.82, 2.24) is 9.78 Å². The van der Waals surface area contributed by atoms with Gasteiger partial charge in [0.15, 0.2) is 0 Å². The average molecular weight is 360 g/mol. The molecule has 3 aromatic carbocycles. The molecule has 4 rings (SSSR count). The van der Waals surface area contributed by atoms with Gasteiger partial charge in [0.1, 0.15) is 5.82 Å². The fourth-order valence-electron chi connectivity index (χ4n) is 2.92. The van der Waals surface area contributed by atoms with E-state index in [4.69, 9.17) is 4.74 Å². The van der Waals surface area contributed by atoms with Crippen LogP contribution in [0.1, 0.15) is 23.0 Å². The first-order chi connectivity index (χ1) is 13.1. The number of benzene rings is 3. The maximum atomic E-state index is 13.6. The third-order valence-electron chi connectivity index (χ3n) is 4.32. The Balaban J connectivity index is 1.68. The molecule has 0 atom stereocenters. The number of ether oxygens (including phenoxy) is 1. The number of halogens is 1. The van der Waals surface area contributed by atoms with Crippen LogP contribution in [-0.4, -0.2) is 15.7 Å². The van der Waals surface area contributed by atoms with E-state index >= 15 is 0 Å². The Labute approximate surface area is 155 Å². The van der Waals surface area contributed by atoms with Crippen molar-refractivity contribution in [3.63, 3.8) is 0 Å². The summed E-state index contributed by atoms with van der Waals surface area (Å²) < 4.78 is 20.6. The lowest BCUT2D eigenvalue weighted by atomic mass is 10.1. The van der Waals surface area contributed by atoms with Crippen molar-refractivity contribution in [2.75, 3.05) is 0 Å². The number of carbonyl (C=O) groups is 1. The highest BCUT2D eigenvalue weighted by molar-refractivity contribution is 5.96. The van der Waals surface area contributed by atoms with Gasteiger partial charge in [-0.05, 0) is 47.5 Å².